The minimum atomic E-state index is 0.453. The van der Waals surface area contributed by atoms with Crippen molar-refractivity contribution < 1.29 is 9.47 Å². The van der Waals surface area contributed by atoms with Crippen LogP contribution in [0.5, 0.6) is 11.5 Å². The molecule has 0 unspecified atom stereocenters. The van der Waals surface area contributed by atoms with Crippen LogP contribution >= 0.6 is 15.9 Å². The summed E-state index contributed by atoms with van der Waals surface area (Å²) in [4.78, 5) is 0. The van der Waals surface area contributed by atoms with E-state index in [1.165, 1.54) is 14.2 Å². The molecule has 0 aromatic heterocycles. The molecular weight excluding hydrogens is 234 g/mol. The zero-order valence-corrected chi connectivity index (χ0v) is 8.88. The lowest BCUT2D eigenvalue weighted by Crippen LogP contribution is -1.93. The third-order valence-electron chi connectivity index (χ3n) is 1.56. The van der Waals surface area contributed by atoms with Crippen LogP contribution in [0.25, 0.3) is 0 Å². The van der Waals surface area contributed by atoms with E-state index in [1.807, 2.05) is 6.07 Å². The lowest BCUT2D eigenvalue weighted by atomic mass is 10.2. The molecule has 13 heavy (non-hydrogen) atoms. The Labute approximate surface area is 85.0 Å². The smallest absolute Gasteiger partial charge is 0.178 e. The van der Waals surface area contributed by atoms with E-state index in [2.05, 4.69) is 15.9 Å². The summed E-state index contributed by atoms with van der Waals surface area (Å²) in [5.41, 5.74) is 0.453. The number of hydrogen-bond acceptors (Lipinski definition) is 3. The van der Waals surface area contributed by atoms with Crippen LogP contribution in [0.15, 0.2) is 16.6 Å². The zero-order chi connectivity index (χ0) is 9.84. The van der Waals surface area contributed by atoms with Gasteiger partial charge in [0.2, 0.25) is 0 Å². The minimum Gasteiger partial charge on any atom is -0.493 e. The second-order valence-electron chi connectivity index (χ2n) is 2.30. The fourth-order valence-corrected chi connectivity index (χ4v) is 1.45. The summed E-state index contributed by atoms with van der Waals surface area (Å²) in [5, 5.41) is 8.79. The van der Waals surface area contributed by atoms with Crippen LogP contribution in [0.1, 0.15) is 5.56 Å². The number of nitrogens with zero attached hydrogens (tertiary/aromatic N) is 1. The molecule has 0 heterocycles. The van der Waals surface area contributed by atoms with Crippen LogP contribution < -0.4 is 9.47 Å². The van der Waals surface area contributed by atoms with Crippen LogP contribution in [0, 0.1) is 11.3 Å². The summed E-state index contributed by atoms with van der Waals surface area (Å²) < 4.78 is 10.9. The summed E-state index contributed by atoms with van der Waals surface area (Å²) in [6, 6.07) is 5.46. The topological polar surface area (TPSA) is 42.2 Å². The Morgan fingerprint density at radius 2 is 2.00 bits per heavy atom. The van der Waals surface area contributed by atoms with Gasteiger partial charge in [0.05, 0.1) is 19.8 Å². The maximum absolute atomic E-state index is 8.79. The quantitative estimate of drug-likeness (QED) is 0.799. The molecule has 1 rings (SSSR count). The van der Waals surface area contributed by atoms with Gasteiger partial charge in [0.1, 0.15) is 6.07 Å². The normalized spacial score (nSPS) is 9.08. The van der Waals surface area contributed by atoms with Gasteiger partial charge < -0.3 is 9.47 Å². The Hall–Kier alpha value is -1.21. The van der Waals surface area contributed by atoms with Gasteiger partial charge in [0, 0.05) is 4.47 Å². The Morgan fingerprint density at radius 1 is 1.31 bits per heavy atom. The Kier molecular flexibility index (Phi) is 3.15. The van der Waals surface area contributed by atoms with Gasteiger partial charge in [-0.2, -0.15) is 5.26 Å². The minimum absolute atomic E-state index is 0.453. The van der Waals surface area contributed by atoms with Crippen molar-refractivity contribution in [2.24, 2.45) is 0 Å². The fourth-order valence-electron chi connectivity index (χ4n) is 1.01. The molecule has 0 aliphatic carbocycles. The SMILES string of the molecule is COc1cc(Br)cc(C#N)c1OC. The molecule has 4 heteroatoms. The van der Waals surface area contributed by atoms with Gasteiger partial charge in [-0.05, 0) is 12.1 Å². The molecule has 3 nitrogen and oxygen atoms in total. The predicted molar refractivity (Wildman–Crippen MR) is 52.0 cm³/mol. The third kappa shape index (κ3) is 1.93. The molecule has 0 atom stereocenters. The molecule has 0 N–H and O–H groups in total. The molecule has 1 aromatic rings. The highest BCUT2D eigenvalue weighted by Crippen LogP contribution is 2.33. The van der Waals surface area contributed by atoms with Gasteiger partial charge in [0.25, 0.3) is 0 Å². The van der Waals surface area contributed by atoms with Gasteiger partial charge >= 0.3 is 0 Å². The van der Waals surface area contributed by atoms with Crippen molar-refractivity contribution in [3.05, 3.63) is 22.2 Å². The van der Waals surface area contributed by atoms with E-state index in [0.717, 1.165) is 4.47 Å². The molecule has 0 fully saturated rings. The zero-order valence-electron chi connectivity index (χ0n) is 7.30. The van der Waals surface area contributed by atoms with Crippen LogP contribution in [0.4, 0.5) is 0 Å². The predicted octanol–water partition coefficient (Wildman–Crippen LogP) is 2.34. The molecule has 0 bridgehead atoms. The molecule has 0 aliphatic rings. The number of nitriles is 1. The molecule has 0 radical (unpaired) electrons. The molecule has 68 valence electrons. The van der Waals surface area contributed by atoms with Crippen molar-refractivity contribution in [1.82, 2.24) is 0 Å². The van der Waals surface area contributed by atoms with E-state index in [-0.39, 0.29) is 0 Å². The standard InChI is InChI=1S/C9H8BrNO2/c1-12-8-4-7(10)3-6(5-11)9(8)13-2/h3-4H,1-2H3. The molecule has 0 saturated carbocycles. The number of benzene rings is 1. The van der Waals surface area contributed by atoms with Crippen molar-refractivity contribution >= 4 is 15.9 Å². The average Bonchev–Trinajstić information content (AvgIpc) is 2.16. The van der Waals surface area contributed by atoms with Crippen molar-refractivity contribution in [3.63, 3.8) is 0 Å². The molecule has 0 saturated heterocycles. The van der Waals surface area contributed by atoms with Gasteiger partial charge in [-0.25, -0.2) is 0 Å². The number of ether oxygens (including phenoxy) is 2. The maximum atomic E-state index is 8.79. The lowest BCUT2D eigenvalue weighted by molar-refractivity contribution is 0.354. The summed E-state index contributed by atoms with van der Waals surface area (Å²) >= 11 is 3.27. The molecule has 0 spiro atoms. The van der Waals surface area contributed by atoms with Gasteiger partial charge in [-0.1, -0.05) is 15.9 Å². The first kappa shape index (κ1) is 9.87. The molecule has 0 amide bonds. The van der Waals surface area contributed by atoms with Gasteiger partial charge in [0.15, 0.2) is 11.5 Å². The highest BCUT2D eigenvalue weighted by Gasteiger charge is 2.10. The average molecular weight is 242 g/mol. The molecule has 0 aliphatic heterocycles. The summed E-state index contributed by atoms with van der Waals surface area (Å²) in [5.74, 6) is 1.02. The maximum Gasteiger partial charge on any atom is 0.178 e. The van der Waals surface area contributed by atoms with Crippen LogP contribution in [0.3, 0.4) is 0 Å². The first-order chi connectivity index (χ1) is 6.22. The molecular formula is C9H8BrNO2. The second-order valence-corrected chi connectivity index (χ2v) is 3.22. The number of rotatable bonds is 2. The van der Waals surface area contributed by atoms with E-state index in [4.69, 9.17) is 14.7 Å². The largest absolute Gasteiger partial charge is 0.493 e. The van der Waals surface area contributed by atoms with Crippen molar-refractivity contribution in [1.29, 1.82) is 5.26 Å². The summed E-state index contributed by atoms with van der Waals surface area (Å²) in [6.07, 6.45) is 0. The number of halogens is 1. The first-order valence-electron chi connectivity index (χ1n) is 3.54. The van der Waals surface area contributed by atoms with Crippen LogP contribution in [0.2, 0.25) is 0 Å². The van der Waals surface area contributed by atoms with E-state index in [0.29, 0.717) is 17.1 Å². The summed E-state index contributed by atoms with van der Waals surface area (Å²) in [6.45, 7) is 0. The van der Waals surface area contributed by atoms with Crippen LogP contribution in [-0.4, -0.2) is 14.2 Å². The number of methoxy groups -OCH3 is 2. The third-order valence-corrected chi connectivity index (χ3v) is 2.02. The Morgan fingerprint density at radius 3 is 2.46 bits per heavy atom. The highest BCUT2D eigenvalue weighted by molar-refractivity contribution is 9.10. The fraction of sp³-hybridized carbons (Fsp3) is 0.222. The van der Waals surface area contributed by atoms with E-state index in [9.17, 15) is 0 Å². The van der Waals surface area contributed by atoms with Crippen molar-refractivity contribution in [2.45, 2.75) is 0 Å². The van der Waals surface area contributed by atoms with Crippen molar-refractivity contribution in [3.8, 4) is 17.6 Å². The lowest BCUT2D eigenvalue weighted by Gasteiger charge is -2.08. The Balaban J connectivity index is 3.36. The highest BCUT2D eigenvalue weighted by atomic mass is 79.9. The Bertz CT molecular complexity index is 357. The second kappa shape index (κ2) is 4.15. The molecule has 1 aromatic carbocycles. The summed E-state index contributed by atoms with van der Waals surface area (Å²) in [7, 11) is 3.04. The van der Waals surface area contributed by atoms with E-state index >= 15 is 0 Å². The monoisotopic (exact) mass is 241 g/mol. The first-order valence-corrected chi connectivity index (χ1v) is 4.34. The van der Waals surface area contributed by atoms with E-state index < -0.39 is 0 Å². The van der Waals surface area contributed by atoms with Gasteiger partial charge in [-0.15, -0.1) is 0 Å². The number of hydrogen-bond donors (Lipinski definition) is 0. The van der Waals surface area contributed by atoms with E-state index in [1.54, 1.807) is 12.1 Å². The van der Waals surface area contributed by atoms with Crippen molar-refractivity contribution in [2.75, 3.05) is 14.2 Å². The van der Waals surface area contributed by atoms with Crippen LogP contribution in [-0.2, 0) is 0 Å². The van der Waals surface area contributed by atoms with Gasteiger partial charge in [-0.3, -0.25) is 0 Å².